The molecule has 0 aromatic carbocycles. The van der Waals surface area contributed by atoms with E-state index in [4.69, 9.17) is 10.2 Å². The molecular formula is C10H23NO5. The molecule has 6 heteroatoms. The second-order valence-electron chi connectivity index (χ2n) is 4.33. The van der Waals surface area contributed by atoms with Gasteiger partial charge in [0.1, 0.15) is 18.3 Å². The molecule has 98 valence electrons. The fourth-order valence-corrected chi connectivity index (χ4v) is 1.18. The van der Waals surface area contributed by atoms with Crippen molar-refractivity contribution in [2.75, 3.05) is 20.2 Å². The molecule has 4 atom stereocenters. The Morgan fingerprint density at radius 1 is 0.938 bits per heavy atom. The van der Waals surface area contributed by atoms with Crippen LogP contribution in [-0.4, -0.2) is 81.1 Å². The number of hydrogen-bond donors (Lipinski definition) is 5. The first kappa shape index (κ1) is 15.8. The third-order valence-electron chi connectivity index (χ3n) is 2.68. The predicted molar refractivity (Wildman–Crippen MR) is 58.9 cm³/mol. The van der Waals surface area contributed by atoms with Crippen molar-refractivity contribution in [2.24, 2.45) is 0 Å². The van der Waals surface area contributed by atoms with Crippen LogP contribution < -0.4 is 0 Å². The second kappa shape index (κ2) is 7.16. The molecule has 0 rings (SSSR count). The van der Waals surface area contributed by atoms with Crippen LogP contribution in [0.25, 0.3) is 0 Å². The molecule has 0 heterocycles. The quantitative estimate of drug-likeness (QED) is 0.343. The summed E-state index contributed by atoms with van der Waals surface area (Å²) in [4.78, 5) is 1.80. The van der Waals surface area contributed by atoms with Crippen molar-refractivity contribution in [3.63, 3.8) is 0 Å². The standard InChI is InChI=1S/C10H23NO5/c1-6(2)11(3)4-7(13)9(15)10(16)8(14)5-12/h6-10,12-16H,4-5H2,1-3H3. The topological polar surface area (TPSA) is 104 Å². The Kier molecular flexibility index (Phi) is 7.05. The van der Waals surface area contributed by atoms with Gasteiger partial charge >= 0.3 is 0 Å². The Labute approximate surface area is 95.8 Å². The first-order valence-corrected chi connectivity index (χ1v) is 5.34. The van der Waals surface area contributed by atoms with Gasteiger partial charge in [-0.2, -0.15) is 0 Å². The maximum absolute atomic E-state index is 9.61. The minimum absolute atomic E-state index is 0.175. The first-order valence-electron chi connectivity index (χ1n) is 5.34. The lowest BCUT2D eigenvalue weighted by molar-refractivity contribution is -0.119. The van der Waals surface area contributed by atoms with Crippen molar-refractivity contribution in [3.8, 4) is 0 Å². The van der Waals surface area contributed by atoms with Crippen molar-refractivity contribution < 1.29 is 25.5 Å². The lowest BCUT2D eigenvalue weighted by Gasteiger charge is -2.30. The molecule has 0 aromatic heterocycles. The number of aliphatic hydroxyl groups excluding tert-OH is 5. The first-order chi connectivity index (χ1) is 7.31. The highest BCUT2D eigenvalue weighted by molar-refractivity contribution is 4.82. The van der Waals surface area contributed by atoms with Crippen molar-refractivity contribution in [2.45, 2.75) is 44.3 Å². The van der Waals surface area contributed by atoms with E-state index in [0.717, 1.165) is 0 Å². The minimum atomic E-state index is -1.56. The zero-order valence-corrected chi connectivity index (χ0v) is 9.98. The van der Waals surface area contributed by atoms with Gasteiger partial charge in [0.25, 0.3) is 0 Å². The average molecular weight is 237 g/mol. The van der Waals surface area contributed by atoms with E-state index in [1.165, 1.54) is 0 Å². The van der Waals surface area contributed by atoms with Gasteiger partial charge in [0.05, 0.1) is 12.7 Å². The Morgan fingerprint density at radius 3 is 1.75 bits per heavy atom. The molecule has 16 heavy (non-hydrogen) atoms. The summed E-state index contributed by atoms with van der Waals surface area (Å²) in [5, 5.41) is 46.2. The highest BCUT2D eigenvalue weighted by Crippen LogP contribution is 2.07. The Morgan fingerprint density at radius 2 is 1.38 bits per heavy atom. The highest BCUT2D eigenvalue weighted by Gasteiger charge is 2.30. The molecule has 6 nitrogen and oxygen atoms in total. The molecule has 0 fully saturated rings. The third kappa shape index (κ3) is 4.73. The number of aliphatic hydroxyl groups is 5. The van der Waals surface area contributed by atoms with E-state index < -0.39 is 31.0 Å². The number of rotatable bonds is 7. The molecule has 0 aliphatic carbocycles. The Bertz CT molecular complexity index is 190. The van der Waals surface area contributed by atoms with Crippen molar-refractivity contribution in [1.29, 1.82) is 0 Å². The Hall–Kier alpha value is -0.240. The van der Waals surface area contributed by atoms with Crippen LogP contribution in [-0.2, 0) is 0 Å². The van der Waals surface area contributed by atoms with E-state index in [2.05, 4.69) is 0 Å². The molecule has 0 aromatic rings. The molecule has 0 saturated heterocycles. The lowest BCUT2D eigenvalue weighted by Crippen LogP contribution is -2.50. The molecule has 5 N–H and O–H groups in total. The maximum atomic E-state index is 9.61. The molecule has 0 amide bonds. The van der Waals surface area contributed by atoms with Crippen LogP contribution in [0.2, 0.25) is 0 Å². The number of nitrogens with zero attached hydrogens (tertiary/aromatic N) is 1. The largest absolute Gasteiger partial charge is 0.394 e. The zero-order chi connectivity index (χ0) is 12.9. The van der Waals surface area contributed by atoms with Gasteiger partial charge in [0, 0.05) is 12.6 Å². The van der Waals surface area contributed by atoms with Gasteiger partial charge in [-0.3, -0.25) is 0 Å². The summed E-state index contributed by atoms with van der Waals surface area (Å²) in [6, 6.07) is 0.196. The van der Waals surface area contributed by atoms with E-state index in [0.29, 0.717) is 0 Å². The summed E-state index contributed by atoms with van der Waals surface area (Å²) in [5.41, 5.74) is 0. The molecule has 0 saturated carbocycles. The van der Waals surface area contributed by atoms with Gasteiger partial charge < -0.3 is 30.4 Å². The van der Waals surface area contributed by atoms with E-state index in [-0.39, 0.29) is 12.6 Å². The summed E-state index contributed by atoms with van der Waals surface area (Å²) in [6.07, 6.45) is -5.67. The monoisotopic (exact) mass is 237 g/mol. The number of hydrogen-bond acceptors (Lipinski definition) is 6. The van der Waals surface area contributed by atoms with Gasteiger partial charge in [-0.15, -0.1) is 0 Å². The lowest BCUT2D eigenvalue weighted by atomic mass is 10.0. The fourth-order valence-electron chi connectivity index (χ4n) is 1.18. The fraction of sp³-hybridized carbons (Fsp3) is 1.00. The summed E-state index contributed by atoms with van der Waals surface area (Å²) in [5.74, 6) is 0. The maximum Gasteiger partial charge on any atom is 0.111 e. The van der Waals surface area contributed by atoms with Gasteiger partial charge in [0.15, 0.2) is 0 Å². The van der Waals surface area contributed by atoms with Crippen molar-refractivity contribution >= 4 is 0 Å². The Balaban J connectivity index is 4.21. The molecule has 0 bridgehead atoms. The second-order valence-corrected chi connectivity index (χ2v) is 4.33. The molecule has 0 spiro atoms. The predicted octanol–water partition coefficient (Wildman–Crippen LogP) is -2.24. The SMILES string of the molecule is CC(C)N(C)CC(O)C(O)C(O)C(O)CO. The highest BCUT2D eigenvalue weighted by atomic mass is 16.4. The summed E-state index contributed by atoms with van der Waals surface area (Å²) >= 11 is 0. The number of likely N-dealkylation sites (N-methyl/N-ethyl adjacent to an activating group) is 1. The van der Waals surface area contributed by atoms with Crippen LogP contribution in [0.15, 0.2) is 0 Å². The van der Waals surface area contributed by atoms with Crippen LogP contribution in [0.3, 0.4) is 0 Å². The van der Waals surface area contributed by atoms with E-state index in [1.807, 2.05) is 13.8 Å². The van der Waals surface area contributed by atoms with Crippen molar-refractivity contribution in [1.82, 2.24) is 4.90 Å². The molecule has 0 radical (unpaired) electrons. The van der Waals surface area contributed by atoms with E-state index >= 15 is 0 Å². The van der Waals surface area contributed by atoms with Gasteiger partial charge in [-0.05, 0) is 20.9 Å². The smallest absolute Gasteiger partial charge is 0.111 e. The van der Waals surface area contributed by atoms with Crippen LogP contribution in [0.1, 0.15) is 13.8 Å². The molecule has 4 unspecified atom stereocenters. The molecular weight excluding hydrogens is 214 g/mol. The van der Waals surface area contributed by atoms with Crippen LogP contribution in [0, 0.1) is 0 Å². The van der Waals surface area contributed by atoms with E-state index in [1.54, 1.807) is 11.9 Å². The molecule has 0 aliphatic heterocycles. The van der Waals surface area contributed by atoms with E-state index in [9.17, 15) is 15.3 Å². The van der Waals surface area contributed by atoms with Gasteiger partial charge in [0.2, 0.25) is 0 Å². The normalized spacial score (nSPS) is 19.9. The van der Waals surface area contributed by atoms with Crippen molar-refractivity contribution in [3.05, 3.63) is 0 Å². The van der Waals surface area contributed by atoms with Crippen LogP contribution in [0.5, 0.6) is 0 Å². The summed E-state index contributed by atoms with van der Waals surface area (Å²) in [6.45, 7) is 3.37. The summed E-state index contributed by atoms with van der Waals surface area (Å²) < 4.78 is 0. The minimum Gasteiger partial charge on any atom is -0.394 e. The van der Waals surface area contributed by atoms with Crippen LogP contribution >= 0.6 is 0 Å². The molecule has 0 aliphatic rings. The summed E-state index contributed by atoms with van der Waals surface area (Å²) in [7, 11) is 1.77. The zero-order valence-electron chi connectivity index (χ0n) is 9.98. The van der Waals surface area contributed by atoms with Crippen LogP contribution in [0.4, 0.5) is 0 Å². The average Bonchev–Trinajstić information content (AvgIpc) is 2.25. The van der Waals surface area contributed by atoms with Gasteiger partial charge in [-0.25, -0.2) is 0 Å². The third-order valence-corrected chi connectivity index (χ3v) is 2.68. The van der Waals surface area contributed by atoms with Gasteiger partial charge in [-0.1, -0.05) is 0 Å².